The fourth-order valence-electron chi connectivity index (χ4n) is 4.51. The van der Waals surface area contributed by atoms with Gasteiger partial charge in [-0.15, -0.1) is 0 Å². The zero-order valence-electron chi connectivity index (χ0n) is 19.2. The summed E-state index contributed by atoms with van der Waals surface area (Å²) < 4.78 is 20.6. The number of aromatic nitrogens is 1. The Morgan fingerprint density at radius 1 is 1.12 bits per heavy atom. The molecule has 0 aliphatic carbocycles. The molecule has 1 aromatic carbocycles. The van der Waals surface area contributed by atoms with E-state index in [1.165, 1.54) is 11.0 Å². The second-order valence-corrected chi connectivity index (χ2v) is 9.05. The highest BCUT2D eigenvalue weighted by Gasteiger charge is 2.25. The number of pyridine rings is 1. The van der Waals surface area contributed by atoms with E-state index in [0.29, 0.717) is 48.2 Å². The smallest absolute Gasteiger partial charge is 0.407 e. The maximum absolute atomic E-state index is 14.7. The van der Waals surface area contributed by atoms with E-state index in [0.717, 1.165) is 38.8 Å². The van der Waals surface area contributed by atoms with Crippen LogP contribution in [0.5, 0.6) is 5.75 Å². The molecule has 8 nitrogen and oxygen atoms in total. The average Bonchev–Trinajstić information content (AvgIpc) is 3.39. The van der Waals surface area contributed by atoms with Crippen molar-refractivity contribution in [1.29, 1.82) is 0 Å². The van der Waals surface area contributed by atoms with Gasteiger partial charge in [0.2, 0.25) is 5.91 Å². The lowest BCUT2D eigenvalue weighted by molar-refractivity contribution is -0.131. The summed E-state index contributed by atoms with van der Waals surface area (Å²) in [5, 5.41) is 9.03. The number of nitrogens with zero attached hydrogens (tertiary/aromatic N) is 3. The lowest BCUT2D eigenvalue weighted by atomic mass is 9.98. The van der Waals surface area contributed by atoms with Crippen LogP contribution in [0.4, 0.5) is 9.18 Å². The summed E-state index contributed by atoms with van der Waals surface area (Å²) in [6.45, 7) is 3.01. The standard InChI is InChI=1S/C25H31FN4O4/c26-21-13-19(4-3-18(21)14-22(27)24(31)29-9-1-2-10-29)23-6-5-20(15-28-23)34-16-17-7-11-30(12-8-17)25(32)33/h3-6,13,15,17,22H,1-2,7-12,14,16,27H2,(H,32,33)/t22-/m0/s1. The predicted octanol–water partition coefficient (Wildman–Crippen LogP) is 3.15. The summed E-state index contributed by atoms with van der Waals surface area (Å²) in [6.07, 6.45) is 4.43. The van der Waals surface area contributed by atoms with Gasteiger partial charge in [-0.25, -0.2) is 9.18 Å². The Bertz CT molecular complexity index is 1000. The molecule has 3 N–H and O–H groups in total. The minimum Gasteiger partial charge on any atom is -0.492 e. The van der Waals surface area contributed by atoms with Gasteiger partial charge in [-0.3, -0.25) is 9.78 Å². The van der Waals surface area contributed by atoms with Crippen molar-refractivity contribution in [2.45, 2.75) is 38.1 Å². The van der Waals surface area contributed by atoms with E-state index in [1.807, 2.05) is 0 Å². The van der Waals surface area contributed by atoms with Crippen molar-refractivity contribution < 1.29 is 23.8 Å². The molecule has 0 unspecified atom stereocenters. The molecule has 2 saturated heterocycles. The number of hydrogen-bond donors (Lipinski definition) is 2. The highest BCUT2D eigenvalue weighted by molar-refractivity contribution is 5.82. The third-order valence-electron chi connectivity index (χ3n) is 6.63. The molecule has 9 heteroatoms. The fourth-order valence-corrected chi connectivity index (χ4v) is 4.51. The van der Waals surface area contributed by atoms with Gasteiger partial charge in [-0.05, 0) is 61.8 Å². The molecule has 0 spiro atoms. The number of rotatable bonds is 7. The van der Waals surface area contributed by atoms with Crippen molar-refractivity contribution >= 4 is 12.0 Å². The molecule has 0 radical (unpaired) electrons. The first-order chi connectivity index (χ1) is 16.4. The van der Waals surface area contributed by atoms with Gasteiger partial charge < -0.3 is 25.4 Å². The molecule has 2 fully saturated rings. The maximum atomic E-state index is 14.7. The number of benzene rings is 1. The molecule has 4 rings (SSSR count). The Hall–Kier alpha value is -3.20. The number of carbonyl (C=O) groups excluding carboxylic acids is 1. The van der Waals surface area contributed by atoms with Crippen molar-refractivity contribution in [1.82, 2.24) is 14.8 Å². The van der Waals surface area contributed by atoms with Crippen molar-refractivity contribution in [2.75, 3.05) is 32.8 Å². The molecule has 0 bridgehead atoms. The van der Waals surface area contributed by atoms with E-state index in [1.54, 1.807) is 35.4 Å². The molecule has 0 saturated carbocycles. The number of likely N-dealkylation sites (tertiary alicyclic amines) is 2. The van der Waals surface area contributed by atoms with Gasteiger partial charge in [0.25, 0.3) is 0 Å². The van der Waals surface area contributed by atoms with E-state index in [4.69, 9.17) is 15.6 Å². The third-order valence-corrected chi connectivity index (χ3v) is 6.63. The SMILES string of the molecule is N[C@@H](Cc1ccc(-c2ccc(OCC3CCN(C(=O)O)CC3)cn2)cc1F)C(=O)N1CCCC1. The summed E-state index contributed by atoms with van der Waals surface area (Å²) in [5.74, 6) is 0.399. The van der Waals surface area contributed by atoms with E-state index < -0.39 is 18.0 Å². The second-order valence-electron chi connectivity index (χ2n) is 9.05. The maximum Gasteiger partial charge on any atom is 0.407 e. The lowest BCUT2D eigenvalue weighted by Crippen LogP contribution is -2.43. The Labute approximate surface area is 198 Å². The Morgan fingerprint density at radius 3 is 2.47 bits per heavy atom. The average molecular weight is 471 g/mol. The Balaban J connectivity index is 1.30. The van der Waals surface area contributed by atoms with Crippen molar-refractivity contribution in [3.05, 3.63) is 47.9 Å². The quantitative estimate of drug-likeness (QED) is 0.644. The number of amides is 2. The third kappa shape index (κ3) is 5.83. The van der Waals surface area contributed by atoms with E-state index >= 15 is 0 Å². The van der Waals surface area contributed by atoms with Crippen LogP contribution in [0.1, 0.15) is 31.2 Å². The molecule has 182 valence electrons. The van der Waals surface area contributed by atoms with Crippen LogP contribution in [0.2, 0.25) is 0 Å². The summed E-state index contributed by atoms with van der Waals surface area (Å²) >= 11 is 0. The van der Waals surface area contributed by atoms with E-state index in [9.17, 15) is 14.0 Å². The molecule has 2 aliphatic heterocycles. The van der Waals surface area contributed by atoms with Gasteiger partial charge >= 0.3 is 6.09 Å². The van der Waals surface area contributed by atoms with Crippen molar-refractivity contribution in [3.63, 3.8) is 0 Å². The van der Waals surface area contributed by atoms with Crippen LogP contribution in [0.3, 0.4) is 0 Å². The normalized spacial score (nSPS) is 17.6. The van der Waals surface area contributed by atoms with Crippen molar-refractivity contribution in [3.8, 4) is 17.0 Å². The Kier molecular flexibility index (Phi) is 7.62. The Morgan fingerprint density at radius 2 is 1.85 bits per heavy atom. The lowest BCUT2D eigenvalue weighted by Gasteiger charge is -2.29. The molecule has 2 amide bonds. The number of halogens is 1. The monoisotopic (exact) mass is 470 g/mol. The first-order valence-corrected chi connectivity index (χ1v) is 11.8. The molecule has 2 aliphatic rings. The van der Waals surface area contributed by atoms with Gasteiger partial charge in [0, 0.05) is 31.7 Å². The van der Waals surface area contributed by atoms with Crippen LogP contribution < -0.4 is 10.5 Å². The van der Waals surface area contributed by atoms with E-state index in [2.05, 4.69) is 4.98 Å². The van der Waals surface area contributed by atoms with Crippen LogP contribution in [-0.2, 0) is 11.2 Å². The van der Waals surface area contributed by atoms with E-state index in [-0.39, 0.29) is 12.3 Å². The molecule has 2 aromatic rings. The number of carboxylic acid groups (broad SMARTS) is 1. The van der Waals surface area contributed by atoms with Crippen LogP contribution in [0.25, 0.3) is 11.3 Å². The zero-order chi connectivity index (χ0) is 24.1. The summed E-state index contributed by atoms with van der Waals surface area (Å²) in [7, 11) is 0. The van der Waals surface area contributed by atoms with Gasteiger partial charge in [0.05, 0.1) is 24.5 Å². The largest absolute Gasteiger partial charge is 0.492 e. The van der Waals surface area contributed by atoms with Crippen molar-refractivity contribution in [2.24, 2.45) is 11.7 Å². The summed E-state index contributed by atoms with van der Waals surface area (Å²) in [4.78, 5) is 31.0. The van der Waals surface area contributed by atoms with Crippen LogP contribution in [0.15, 0.2) is 36.5 Å². The number of ether oxygens (including phenoxy) is 1. The summed E-state index contributed by atoms with van der Waals surface area (Å²) in [5.41, 5.74) is 7.72. The first kappa shape index (κ1) is 23.9. The summed E-state index contributed by atoms with van der Waals surface area (Å²) in [6, 6.07) is 7.69. The minimum absolute atomic E-state index is 0.120. The predicted molar refractivity (Wildman–Crippen MR) is 125 cm³/mol. The first-order valence-electron chi connectivity index (χ1n) is 11.8. The number of nitrogens with two attached hydrogens (primary N) is 1. The molecular weight excluding hydrogens is 439 g/mol. The van der Waals surface area contributed by atoms with Gasteiger partial charge in [-0.1, -0.05) is 12.1 Å². The van der Waals surface area contributed by atoms with Gasteiger partial charge in [0.1, 0.15) is 11.6 Å². The molecule has 3 heterocycles. The topological polar surface area (TPSA) is 109 Å². The van der Waals surface area contributed by atoms with Gasteiger partial charge in [0.15, 0.2) is 0 Å². The second kappa shape index (κ2) is 10.8. The molecule has 1 aromatic heterocycles. The highest BCUT2D eigenvalue weighted by atomic mass is 19.1. The number of piperidine rings is 1. The molecule has 1 atom stereocenters. The molecule has 34 heavy (non-hydrogen) atoms. The number of hydrogen-bond acceptors (Lipinski definition) is 5. The zero-order valence-corrected chi connectivity index (χ0v) is 19.2. The van der Waals surface area contributed by atoms with Crippen LogP contribution in [-0.4, -0.2) is 70.7 Å². The highest BCUT2D eigenvalue weighted by Crippen LogP contribution is 2.24. The van der Waals surface area contributed by atoms with Crippen LogP contribution in [0, 0.1) is 11.7 Å². The van der Waals surface area contributed by atoms with Gasteiger partial charge in [-0.2, -0.15) is 0 Å². The minimum atomic E-state index is -0.873. The fraction of sp³-hybridized carbons (Fsp3) is 0.480. The molecular formula is C25H31FN4O4. The number of carbonyl (C=O) groups is 2. The van der Waals surface area contributed by atoms with Crippen LogP contribution >= 0.6 is 0 Å².